The van der Waals surface area contributed by atoms with Gasteiger partial charge >= 0.3 is 12.3 Å². The van der Waals surface area contributed by atoms with E-state index in [9.17, 15) is 22.4 Å². The van der Waals surface area contributed by atoms with Gasteiger partial charge in [-0.05, 0) is 40.2 Å². The number of benzene rings is 2. The molecule has 0 heterocycles. The Bertz CT molecular complexity index is 823. The highest BCUT2D eigenvalue weighted by molar-refractivity contribution is 9.10. The lowest BCUT2D eigenvalue weighted by molar-refractivity contribution is -0.274. The van der Waals surface area contributed by atoms with Gasteiger partial charge in [0.2, 0.25) is 0 Å². The van der Waals surface area contributed by atoms with E-state index in [4.69, 9.17) is 9.47 Å². The lowest BCUT2D eigenvalue weighted by Crippen LogP contribution is -2.17. The second-order valence-corrected chi connectivity index (χ2v) is 5.57. The minimum Gasteiger partial charge on any atom is -0.493 e. The fraction of sp³-hybridized carbons (Fsp3) is 0.188. The van der Waals surface area contributed by atoms with Gasteiger partial charge in [-0.25, -0.2) is 9.18 Å². The van der Waals surface area contributed by atoms with E-state index < -0.39 is 23.9 Å². The molecule has 0 aromatic heterocycles. The molecule has 0 saturated carbocycles. The van der Waals surface area contributed by atoms with E-state index in [-0.39, 0.29) is 27.3 Å². The molecule has 140 valence electrons. The van der Waals surface area contributed by atoms with Crippen molar-refractivity contribution in [3.05, 3.63) is 46.2 Å². The number of ether oxygens (including phenoxy) is 4. The van der Waals surface area contributed by atoms with Crippen LogP contribution in [0.4, 0.5) is 17.6 Å². The Labute approximate surface area is 153 Å². The van der Waals surface area contributed by atoms with Crippen LogP contribution < -0.4 is 14.2 Å². The highest BCUT2D eigenvalue weighted by Gasteiger charge is 2.31. The Balaban J connectivity index is 2.42. The minimum absolute atomic E-state index is 0.0103. The summed E-state index contributed by atoms with van der Waals surface area (Å²) in [7, 11) is 2.32. The van der Waals surface area contributed by atoms with E-state index in [2.05, 4.69) is 25.4 Å². The average Bonchev–Trinajstić information content (AvgIpc) is 2.57. The zero-order valence-electron chi connectivity index (χ0n) is 13.3. The number of hydrogen-bond donors (Lipinski definition) is 0. The molecule has 0 N–H and O–H groups in total. The second-order valence-electron chi connectivity index (χ2n) is 4.72. The standard InChI is InChI=1S/C16H11BrF4O5/c1-23-14-5-8(26-16(19,20)21)3-4-12(14)25-13-7-10(17)11(18)6-9(13)15(22)24-2/h3-7H,1-2H3. The maximum absolute atomic E-state index is 13.7. The molecule has 10 heteroatoms. The lowest BCUT2D eigenvalue weighted by atomic mass is 10.2. The van der Waals surface area contributed by atoms with Crippen molar-refractivity contribution >= 4 is 21.9 Å². The normalized spacial score (nSPS) is 11.0. The first-order valence-electron chi connectivity index (χ1n) is 6.83. The van der Waals surface area contributed by atoms with Crippen LogP contribution in [0, 0.1) is 5.82 Å². The van der Waals surface area contributed by atoms with Crippen LogP contribution in [0.15, 0.2) is 34.8 Å². The van der Waals surface area contributed by atoms with Gasteiger partial charge in [-0.2, -0.15) is 0 Å². The number of carbonyl (C=O) groups excluding carboxylic acids is 1. The molecule has 2 aromatic rings. The summed E-state index contributed by atoms with van der Waals surface area (Å²) in [4.78, 5) is 11.8. The molecule has 0 unspecified atom stereocenters. The molecule has 0 aliphatic heterocycles. The van der Waals surface area contributed by atoms with E-state index in [1.807, 2.05) is 0 Å². The molecule has 0 aliphatic rings. The van der Waals surface area contributed by atoms with Crippen LogP contribution in [-0.2, 0) is 4.74 Å². The van der Waals surface area contributed by atoms with Gasteiger partial charge < -0.3 is 18.9 Å². The Kier molecular flexibility index (Phi) is 5.96. The van der Waals surface area contributed by atoms with Gasteiger partial charge in [0.1, 0.15) is 22.9 Å². The summed E-state index contributed by atoms with van der Waals surface area (Å²) < 4.78 is 69.5. The van der Waals surface area contributed by atoms with E-state index >= 15 is 0 Å². The molecule has 0 atom stereocenters. The van der Waals surface area contributed by atoms with Crippen molar-refractivity contribution in [3.8, 4) is 23.0 Å². The molecule has 2 aromatic carbocycles. The summed E-state index contributed by atoms with van der Waals surface area (Å²) in [6, 6.07) is 5.19. The molecule has 2 rings (SSSR count). The van der Waals surface area contributed by atoms with E-state index in [0.29, 0.717) is 0 Å². The third-order valence-electron chi connectivity index (χ3n) is 3.02. The van der Waals surface area contributed by atoms with Crippen molar-refractivity contribution in [2.75, 3.05) is 14.2 Å². The fourth-order valence-electron chi connectivity index (χ4n) is 1.93. The average molecular weight is 439 g/mol. The zero-order valence-corrected chi connectivity index (χ0v) is 14.9. The van der Waals surface area contributed by atoms with Crippen molar-refractivity contribution in [1.82, 2.24) is 0 Å². The molecule has 0 bridgehead atoms. The van der Waals surface area contributed by atoms with Crippen LogP contribution in [0.1, 0.15) is 10.4 Å². The van der Waals surface area contributed by atoms with Gasteiger partial charge in [0.05, 0.1) is 18.7 Å². The number of hydrogen-bond acceptors (Lipinski definition) is 5. The summed E-state index contributed by atoms with van der Waals surface area (Å²) in [5.41, 5.74) is -0.217. The minimum atomic E-state index is -4.87. The number of halogens is 5. The third kappa shape index (κ3) is 4.78. The summed E-state index contributed by atoms with van der Waals surface area (Å²) >= 11 is 2.96. The highest BCUT2D eigenvalue weighted by atomic mass is 79.9. The predicted molar refractivity (Wildman–Crippen MR) is 85.2 cm³/mol. The smallest absolute Gasteiger partial charge is 0.493 e. The largest absolute Gasteiger partial charge is 0.573 e. The Morgan fingerprint density at radius 1 is 1.04 bits per heavy atom. The number of alkyl halides is 3. The molecule has 0 radical (unpaired) electrons. The van der Waals surface area contributed by atoms with Crippen molar-refractivity contribution in [1.29, 1.82) is 0 Å². The maximum atomic E-state index is 13.7. The Hall–Kier alpha value is -2.49. The van der Waals surface area contributed by atoms with Crippen LogP contribution in [0.2, 0.25) is 0 Å². The second kappa shape index (κ2) is 7.81. The number of esters is 1. The van der Waals surface area contributed by atoms with Crippen molar-refractivity contribution < 1.29 is 41.3 Å². The van der Waals surface area contributed by atoms with Gasteiger partial charge in [0, 0.05) is 6.07 Å². The van der Waals surface area contributed by atoms with Crippen LogP contribution in [-0.4, -0.2) is 26.6 Å². The molecule has 0 spiro atoms. The van der Waals surface area contributed by atoms with Gasteiger partial charge in [0.15, 0.2) is 11.5 Å². The molecule has 0 aliphatic carbocycles. The van der Waals surface area contributed by atoms with E-state index in [1.54, 1.807) is 0 Å². The maximum Gasteiger partial charge on any atom is 0.573 e. The molecule has 5 nitrogen and oxygen atoms in total. The first-order chi connectivity index (χ1) is 12.1. The van der Waals surface area contributed by atoms with E-state index in [1.165, 1.54) is 13.2 Å². The summed E-state index contributed by atoms with van der Waals surface area (Å²) in [5, 5.41) is 0. The van der Waals surface area contributed by atoms with Gasteiger partial charge in [-0.1, -0.05) is 0 Å². The quantitative estimate of drug-likeness (QED) is 0.481. The van der Waals surface area contributed by atoms with Crippen molar-refractivity contribution in [2.24, 2.45) is 0 Å². The van der Waals surface area contributed by atoms with E-state index in [0.717, 1.165) is 31.4 Å². The lowest BCUT2D eigenvalue weighted by Gasteiger charge is -2.15. The van der Waals surface area contributed by atoms with Crippen LogP contribution in [0.25, 0.3) is 0 Å². The van der Waals surface area contributed by atoms with Crippen LogP contribution in [0.5, 0.6) is 23.0 Å². The van der Waals surface area contributed by atoms with Crippen molar-refractivity contribution in [2.45, 2.75) is 6.36 Å². The monoisotopic (exact) mass is 438 g/mol. The predicted octanol–water partition coefficient (Wildman–Crippen LogP) is 5.07. The molecular weight excluding hydrogens is 428 g/mol. The SMILES string of the molecule is COC(=O)c1cc(F)c(Br)cc1Oc1ccc(OC(F)(F)F)cc1OC. The fourth-order valence-corrected chi connectivity index (χ4v) is 2.25. The topological polar surface area (TPSA) is 54.0 Å². The molecule has 0 amide bonds. The molecular formula is C16H11BrF4O5. The first-order valence-corrected chi connectivity index (χ1v) is 7.63. The summed E-state index contributed by atoms with van der Waals surface area (Å²) in [6.45, 7) is 0. The summed E-state index contributed by atoms with van der Waals surface area (Å²) in [6.07, 6.45) is -4.87. The molecule has 26 heavy (non-hydrogen) atoms. The van der Waals surface area contributed by atoms with Gasteiger partial charge in [0.25, 0.3) is 0 Å². The number of carbonyl (C=O) groups is 1. The molecule has 0 fully saturated rings. The molecule has 0 saturated heterocycles. The van der Waals surface area contributed by atoms with Crippen LogP contribution in [0.3, 0.4) is 0 Å². The summed E-state index contributed by atoms with van der Waals surface area (Å²) in [5.74, 6) is -2.31. The third-order valence-corrected chi connectivity index (χ3v) is 3.62. The first kappa shape index (κ1) is 19.8. The Morgan fingerprint density at radius 2 is 1.73 bits per heavy atom. The van der Waals surface area contributed by atoms with Crippen molar-refractivity contribution in [3.63, 3.8) is 0 Å². The number of rotatable bonds is 5. The number of methoxy groups -OCH3 is 2. The highest BCUT2D eigenvalue weighted by Crippen LogP contribution is 2.38. The van der Waals surface area contributed by atoms with Gasteiger partial charge in [-0.15, -0.1) is 13.2 Å². The zero-order chi connectivity index (χ0) is 19.5. The van der Waals surface area contributed by atoms with Crippen LogP contribution >= 0.6 is 15.9 Å². The van der Waals surface area contributed by atoms with Gasteiger partial charge in [-0.3, -0.25) is 0 Å². The Morgan fingerprint density at radius 3 is 2.31 bits per heavy atom.